The van der Waals surface area contributed by atoms with E-state index in [0.29, 0.717) is 0 Å². The number of aliphatic carboxylic acids is 2. The summed E-state index contributed by atoms with van der Waals surface area (Å²) in [5.41, 5.74) is 4.84. The summed E-state index contributed by atoms with van der Waals surface area (Å²) in [4.78, 5) is 19.6. The van der Waals surface area contributed by atoms with Crippen LogP contribution in [0.2, 0.25) is 0 Å². The van der Waals surface area contributed by atoms with E-state index in [9.17, 15) is 9.59 Å². The first-order chi connectivity index (χ1) is 4.04. The molecular formula is C4H10InNO4. The van der Waals surface area contributed by atoms with Gasteiger partial charge in [0.2, 0.25) is 0 Å². The van der Waals surface area contributed by atoms with Crippen LogP contribution < -0.4 is 5.73 Å². The summed E-state index contributed by atoms with van der Waals surface area (Å²) in [5.74, 6) is -2.50. The Kier molecular flexibility index (Phi) is 6.90. The van der Waals surface area contributed by atoms with Crippen molar-refractivity contribution >= 4 is 37.8 Å². The fourth-order valence-corrected chi connectivity index (χ4v) is 0.275. The molecule has 0 fully saturated rings. The van der Waals surface area contributed by atoms with Crippen molar-refractivity contribution in [2.24, 2.45) is 5.73 Å². The minimum atomic E-state index is -1.29. The van der Waals surface area contributed by atoms with Crippen LogP contribution in [-0.4, -0.2) is 54.0 Å². The van der Waals surface area contributed by atoms with Gasteiger partial charge in [-0.15, -0.1) is 0 Å². The number of carboxylic acid groups (broad SMARTS) is 2. The van der Waals surface area contributed by atoms with Crippen molar-refractivity contribution in [3.8, 4) is 0 Å². The molecule has 0 amide bonds. The number of hydrogen-bond donors (Lipinski definition) is 3. The van der Waals surface area contributed by atoms with Crippen LogP contribution in [0.1, 0.15) is 6.42 Å². The molecule has 6 heteroatoms. The second-order valence-electron chi connectivity index (χ2n) is 1.54. The Morgan fingerprint density at radius 3 is 1.90 bits per heavy atom. The summed E-state index contributed by atoms with van der Waals surface area (Å²) >= 11 is 0. The van der Waals surface area contributed by atoms with Crippen molar-refractivity contribution in [2.45, 2.75) is 12.5 Å². The quantitative estimate of drug-likeness (QED) is 0.523. The molecule has 0 bridgehead atoms. The van der Waals surface area contributed by atoms with E-state index in [1.165, 1.54) is 0 Å². The third-order valence-electron chi connectivity index (χ3n) is 0.712. The van der Waals surface area contributed by atoms with Gasteiger partial charge >= 0.3 is 37.8 Å². The zero-order chi connectivity index (χ0) is 7.44. The monoisotopic (exact) mass is 251 g/mol. The van der Waals surface area contributed by atoms with Gasteiger partial charge in [0.25, 0.3) is 0 Å². The first kappa shape index (κ1) is 12.4. The summed E-state index contributed by atoms with van der Waals surface area (Å²) in [5, 5.41) is 16.0. The average molecular weight is 251 g/mol. The van der Waals surface area contributed by atoms with Crippen LogP contribution in [-0.2, 0) is 9.59 Å². The molecule has 0 radical (unpaired) electrons. The summed E-state index contributed by atoms with van der Waals surface area (Å²) in [6, 6.07) is -1.29. The van der Waals surface area contributed by atoms with E-state index < -0.39 is 24.4 Å². The molecule has 0 aliphatic carbocycles. The number of rotatable bonds is 3. The second-order valence-corrected chi connectivity index (χ2v) is 1.54. The maximum absolute atomic E-state index is 9.85. The zero-order valence-corrected chi connectivity index (χ0v) is 4.57. The molecule has 0 aliphatic heterocycles. The summed E-state index contributed by atoms with van der Waals surface area (Å²) in [6.45, 7) is 0. The van der Waals surface area contributed by atoms with Crippen molar-refractivity contribution in [2.75, 3.05) is 0 Å². The van der Waals surface area contributed by atoms with Crippen molar-refractivity contribution in [1.82, 2.24) is 0 Å². The number of hydrogen-bond acceptors (Lipinski definition) is 3. The molecule has 58 valence electrons. The van der Waals surface area contributed by atoms with Crippen LogP contribution in [0, 0.1) is 0 Å². The first-order valence-electron chi connectivity index (χ1n) is 2.24. The Hall–Kier alpha value is -0.230. The molecule has 10 heavy (non-hydrogen) atoms. The van der Waals surface area contributed by atoms with E-state index in [2.05, 4.69) is 0 Å². The van der Waals surface area contributed by atoms with E-state index in [1.54, 1.807) is 0 Å². The SMILES string of the molecule is NC(CC(=O)O)C(=O)O.[InH3]. The summed E-state index contributed by atoms with van der Waals surface area (Å²) in [6.07, 6.45) is -0.532. The molecule has 4 N–H and O–H groups in total. The Morgan fingerprint density at radius 2 is 1.80 bits per heavy atom. The fraction of sp³-hybridized carbons (Fsp3) is 0.500. The van der Waals surface area contributed by atoms with Crippen molar-refractivity contribution < 1.29 is 19.8 Å². The predicted octanol–water partition coefficient (Wildman–Crippen LogP) is -2.31. The Balaban J connectivity index is 0. The van der Waals surface area contributed by atoms with Crippen molar-refractivity contribution in [1.29, 1.82) is 0 Å². The Labute approximate surface area is 76.0 Å². The van der Waals surface area contributed by atoms with Gasteiger partial charge in [0.05, 0.1) is 6.42 Å². The van der Waals surface area contributed by atoms with Gasteiger partial charge in [-0.1, -0.05) is 0 Å². The van der Waals surface area contributed by atoms with E-state index in [4.69, 9.17) is 15.9 Å². The fourth-order valence-electron chi connectivity index (χ4n) is 0.275. The van der Waals surface area contributed by atoms with Crippen LogP contribution in [0.5, 0.6) is 0 Å². The molecule has 0 heterocycles. The molecule has 0 aliphatic rings. The van der Waals surface area contributed by atoms with Gasteiger partial charge in [0, 0.05) is 0 Å². The molecule has 0 saturated carbocycles. The van der Waals surface area contributed by atoms with Crippen molar-refractivity contribution in [3.63, 3.8) is 0 Å². The number of carbonyl (C=O) groups is 2. The van der Waals surface area contributed by atoms with Crippen molar-refractivity contribution in [3.05, 3.63) is 0 Å². The molecule has 0 rings (SSSR count). The predicted molar refractivity (Wildman–Crippen MR) is 37.8 cm³/mol. The van der Waals surface area contributed by atoms with E-state index in [0.717, 1.165) is 0 Å². The summed E-state index contributed by atoms with van der Waals surface area (Å²) < 4.78 is 0. The average Bonchev–Trinajstić information content (AvgIpc) is 1.63. The third kappa shape index (κ3) is 5.90. The molecule has 0 aromatic carbocycles. The molecule has 1 unspecified atom stereocenters. The molecule has 5 nitrogen and oxygen atoms in total. The van der Waals surface area contributed by atoms with Gasteiger partial charge in [0.1, 0.15) is 6.04 Å². The van der Waals surface area contributed by atoms with E-state index >= 15 is 0 Å². The molecule has 0 aromatic heterocycles. The first-order valence-corrected chi connectivity index (χ1v) is 2.24. The number of carboxylic acids is 2. The van der Waals surface area contributed by atoms with Gasteiger partial charge in [0.15, 0.2) is 0 Å². The van der Waals surface area contributed by atoms with Crippen LogP contribution in [0.4, 0.5) is 0 Å². The molecular weight excluding hydrogens is 241 g/mol. The minimum absolute atomic E-state index is 0. The second kappa shape index (κ2) is 5.55. The van der Waals surface area contributed by atoms with Gasteiger partial charge in [-0.2, -0.15) is 0 Å². The van der Waals surface area contributed by atoms with E-state index in [-0.39, 0.29) is 25.8 Å². The van der Waals surface area contributed by atoms with Gasteiger partial charge in [-0.05, 0) is 0 Å². The van der Waals surface area contributed by atoms with Crippen LogP contribution >= 0.6 is 0 Å². The molecule has 1 atom stereocenters. The van der Waals surface area contributed by atoms with Crippen LogP contribution in [0.15, 0.2) is 0 Å². The standard InChI is InChI=1S/C4H7NO4.In.3H/c5-2(4(8)9)1-3(6)7;;;;/h2H,1,5H2,(H,6,7)(H,8,9);;;;. The van der Waals surface area contributed by atoms with Gasteiger partial charge in [-0.25, -0.2) is 0 Å². The van der Waals surface area contributed by atoms with Gasteiger partial charge in [-0.3, -0.25) is 9.59 Å². The normalized spacial score (nSPS) is 11.3. The topological polar surface area (TPSA) is 101 Å². The maximum atomic E-state index is 9.85. The Morgan fingerprint density at radius 1 is 1.40 bits per heavy atom. The molecule has 0 spiro atoms. The van der Waals surface area contributed by atoms with Crippen LogP contribution in [0.25, 0.3) is 0 Å². The zero-order valence-electron chi connectivity index (χ0n) is 4.57. The number of nitrogens with two attached hydrogens (primary N) is 1. The third-order valence-corrected chi connectivity index (χ3v) is 0.712. The molecule has 0 saturated heterocycles. The van der Waals surface area contributed by atoms with E-state index in [1.807, 2.05) is 0 Å². The van der Waals surface area contributed by atoms with Gasteiger partial charge < -0.3 is 15.9 Å². The van der Waals surface area contributed by atoms with Crippen LogP contribution in [0.3, 0.4) is 0 Å². The summed E-state index contributed by atoms with van der Waals surface area (Å²) in [7, 11) is 0. The Bertz CT molecular complexity index is 137. The molecule has 0 aromatic rings.